The zero-order valence-electron chi connectivity index (χ0n) is 18.4. The van der Waals surface area contributed by atoms with Gasteiger partial charge in [-0.1, -0.05) is 0 Å². The number of aromatic nitrogens is 5. The van der Waals surface area contributed by atoms with Crippen LogP contribution in [0.25, 0.3) is 38.7 Å². The Hall–Kier alpha value is -3.79. The number of nitrogens with zero attached hydrogens (tertiary/aromatic N) is 5. The topological polar surface area (TPSA) is 100 Å². The van der Waals surface area contributed by atoms with Crippen LogP contribution in [0.2, 0.25) is 0 Å². The van der Waals surface area contributed by atoms with Gasteiger partial charge in [0.2, 0.25) is 0 Å². The summed E-state index contributed by atoms with van der Waals surface area (Å²) in [6.45, 7) is 1.54. The Labute approximate surface area is 192 Å². The highest BCUT2D eigenvalue weighted by Gasteiger charge is 2.55. The molecule has 5 aromatic rings. The number of benzene rings is 1. The van der Waals surface area contributed by atoms with Crippen LogP contribution in [0.4, 0.5) is 20.2 Å². The summed E-state index contributed by atoms with van der Waals surface area (Å²) >= 11 is 0. The van der Waals surface area contributed by atoms with Crippen molar-refractivity contribution in [1.82, 2.24) is 24.6 Å². The van der Waals surface area contributed by atoms with Crippen LogP contribution in [0, 0.1) is 17.0 Å². The number of rotatable bonds is 3. The van der Waals surface area contributed by atoms with E-state index in [0.717, 1.165) is 54.5 Å². The predicted octanol–water partition coefficient (Wildman–Crippen LogP) is 3.67. The van der Waals surface area contributed by atoms with Crippen molar-refractivity contribution in [3.63, 3.8) is 0 Å². The third kappa shape index (κ3) is 2.57. The van der Waals surface area contributed by atoms with Crippen LogP contribution >= 0.6 is 0 Å². The lowest BCUT2D eigenvalue weighted by Crippen LogP contribution is -2.23. The number of anilines is 2. The van der Waals surface area contributed by atoms with Crippen LogP contribution < -0.4 is 16.0 Å². The van der Waals surface area contributed by atoms with E-state index >= 15 is 4.39 Å². The van der Waals surface area contributed by atoms with Crippen molar-refractivity contribution < 1.29 is 8.78 Å². The number of nitrogens with two attached hydrogens (primary N) is 1. The molecule has 172 valence electrons. The molecule has 4 N–H and O–H groups in total. The molecule has 0 bridgehead atoms. The highest BCUT2D eigenvalue weighted by molar-refractivity contribution is 6.18. The molecule has 0 amide bonds. The van der Waals surface area contributed by atoms with Crippen molar-refractivity contribution in [2.45, 2.75) is 18.9 Å². The Morgan fingerprint density at radius 2 is 2.09 bits per heavy atom. The second-order valence-corrected chi connectivity index (χ2v) is 9.41. The zero-order chi connectivity index (χ0) is 23.2. The molecular weight excluding hydrogens is 438 g/mol. The summed E-state index contributed by atoms with van der Waals surface area (Å²) in [6, 6.07) is 3.16. The van der Waals surface area contributed by atoms with Gasteiger partial charge in [-0.25, -0.2) is 23.3 Å². The van der Waals surface area contributed by atoms with Crippen molar-refractivity contribution in [2.24, 2.45) is 11.1 Å². The van der Waals surface area contributed by atoms with E-state index in [1.165, 1.54) is 0 Å². The maximum absolute atomic E-state index is 15.4. The summed E-state index contributed by atoms with van der Waals surface area (Å²) < 4.78 is 31.7. The lowest BCUT2D eigenvalue weighted by Gasteiger charge is -2.23. The van der Waals surface area contributed by atoms with Gasteiger partial charge >= 0.3 is 0 Å². The summed E-state index contributed by atoms with van der Waals surface area (Å²) in [5.41, 5.74) is 11.0. The van der Waals surface area contributed by atoms with E-state index < -0.39 is 11.6 Å². The van der Waals surface area contributed by atoms with Gasteiger partial charge in [0.1, 0.15) is 5.65 Å². The van der Waals surface area contributed by atoms with Crippen LogP contribution in [-0.4, -0.2) is 50.7 Å². The molecule has 10 heteroatoms. The van der Waals surface area contributed by atoms with Gasteiger partial charge in [0.15, 0.2) is 17.3 Å². The smallest absolute Gasteiger partial charge is 0.169 e. The molecule has 8 nitrogen and oxygen atoms in total. The summed E-state index contributed by atoms with van der Waals surface area (Å²) in [6.07, 6.45) is 9.05. The second-order valence-electron chi connectivity index (χ2n) is 9.41. The number of nitrogens with one attached hydrogen (secondary N) is 2. The predicted molar refractivity (Wildman–Crippen MR) is 127 cm³/mol. The minimum absolute atomic E-state index is 0.0864. The third-order valence-electron chi connectivity index (χ3n) is 7.55. The van der Waals surface area contributed by atoms with Gasteiger partial charge in [-0.3, -0.25) is 0 Å². The van der Waals surface area contributed by atoms with Crippen molar-refractivity contribution in [3.05, 3.63) is 48.6 Å². The Kier molecular flexibility index (Phi) is 3.83. The molecule has 5 heterocycles. The van der Waals surface area contributed by atoms with Crippen LogP contribution in [0.1, 0.15) is 12.8 Å². The largest absolute Gasteiger partial charge is 0.386 e. The van der Waals surface area contributed by atoms with Crippen molar-refractivity contribution in [1.29, 1.82) is 0 Å². The van der Waals surface area contributed by atoms with Gasteiger partial charge in [0.05, 0.1) is 33.9 Å². The molecule has 1 aliphatic carbocycles. The van der Waals surface area contributed by atoms with Gasteiger partial charge < -0.3 is 20.9 Å². The molecule has 34 heavy (non-hydrogen) atoms. The fraction of sp³-hybridized carbons (Fsp3) is 0.292. The number of H-pyrrole nitrogens is 1. The van der Waals surface area contributed by atoms with Gasteiger partial charge in [-0.2, -0.15) is 5.10 Å². The first-order valence-corrected chi connectivity index (χ1v) is 11.3. The Balaban J connectivity index is 1.56. The second kappa shape index (κ2) is 6.63. The molecule has 1 saturated carbocycles. The average Bonchev–Trinajstić information content (AvgIpc) is 3.28. The highest BCUT2D eigenvalue weighted by Crippen LogP contribution is 2.54. The molecular formula is C24H22F2N8. The van der Waals surface area contributed by atoms with E-state index in [-0.39, 0.29) is 16.8 Å². The normalized spacial score (nSPS) is 22.0. The van der Waals surface area contributed by atoms with E-state index in [0.29, 0.717) is 22.2 Å². The lowest BCUT2D eigenvalue weighted by molar-refractivity contribution is 0.518. The number of fused-ring (bicyclic) bond motifs is 4. The van der Waals surface area contributed by atoms with E-state index in [1.54, 1.807) is 30.2 Å². The summed E-state index contributed by atoms with van der Waals surface area (Å²) in [5, 5.41) is 8.02. The fourth-order valence-corrected chi connectivity index (χ4v) is 5.56. The minimum atomic E-state index is -0.907. The molecule has 2 atom stereocenters. The summed E-state index contributed by atoms with van der Waals surface area (Å²) in [5.74, 6) is -1.80. The maximum Gasteiger partial charge on any atom is 0.169 e. The van der Waals surface area contributed by atoms with Gasteiger partial charge in [0.25, 0.3) is 0 Å². The number of pyridine rings is 1. The average molecular weight is 460 g/mol. The van der Waals surface area contributed by atoms with Crippen LogP contribution in [0.15, 0.2) is 36.9 Å². The van der Waals surface area contributed by atoms with E-state index in [2.05, 4.69) is 30.3 Å². The maximum atomic E-state index is 15.4. The lowest BCUT2D eigenvalue weighted by atomic mass is 10.0. The standard InChI is InChI=1S/C24H22F2N8/c1-28-15-6-14(25)20(26)18-19-22(33-5-3-24(11-33)7-16(24)27)13(9-30-23(19)32-21(15)18)12-8-29-17-2-4-31-34(17)10-12/h2,4,6,8-10,16,28H,3,5,7,11,27H2,1H3,(H,30,32)/t16-,24-/m0/s1. The summed E-state index contributed by atoms with van der Waals surface area (Å²) in [7, 11) is 1.68. The monoisotopic (exact) mass is 460 g/mol. The summed E-state index contributed by atoms with van der Waals surface area (Å²) in [4.78, 5) is 14.6. The van der Waals surface area contributed by atoms with Gasteiger partial charge in [-0.15, -0.1) is 0 Å². The number of hydrogen-bond donors (Lipinski definition) is 3. The minimum Gasteiger partial charge on any atom is -0.386 e. The molecule has 2 fully saturated rings. The molecule has 0 radical (unpaired) electrons. The first kappa shape index (κ1) is 19.7. The highest BCUT2D eigenvalue weighted by atomic mass is 19.2. The van der Waals surface area contributed by atoms with Crippen molar-refractivity contribution in [3.8, 4) is 11.1 Å². The Morgan fingerprint density at radius 3 is 2.85 bits per heavy atom. The zero-order valence-corrected chi connectivity index (χ0v) is 18.4. The number of aromatic amines is 1. The first-order valence-electron chi connectivity index (χ1n) is 11.3. The molecule has 1 spiro atoms. The third-order valence-corrected chi connectivity index (χ3v) is 7.55. The quantitative estimate of drug-likeness (QED) is 0.380. The number of hydrogen-bond acceptors (Lipinski definition) is 6. The van der Waals surface area contributed by atoms with Crippen molar-refractivity contribution in [2.75, 3.05) is 30.4 Å². The fourth-order valence-electron chi connectivity index (χ4n) is 5.56. The van der Waals surface area contributed by atoms with Crippen molar-refractivity contribution >= 4 is 39.0 Å². The molecule has 2 aliphatic rings. The first-order chi connectivity index (χ1) is 16.5. The van der Waals surface area contributed by atoms with E-state index in [1.807, 2.05) is 12.3 Å². The van der Waals surface area contributed by atoms with E-state index in [4.69, 9.17) is 5.73 Å². The molecule has 1 aromatic carbocycles. The van der Waals surface area contributed by atoms with Crippen LogP contribution in [0.5, 0.6) is 0 Å². The number of halogens is 2. The Bertz CT molecular complexity index is 1620. The van der Waals surface area contributed by atoms with E-state index in [9.17, 15) is 4.39 Å². The molecule has 1 aliphatic heterocycles. The molecule has 0 unspecified atom stereocenters. The SMILES string of the molecule is CNc1cc(F)c(F)c2c1[nH]c1ncc(-c3cnc4ccnn4c3)c(N3CC[C@]4(C[C@@H]4N)C3)c12. The van der Waals surface area contributed by atoms with Crippen LogP contribution in [-0.2, 0) is 0 Å². The molecule has 1 saturated heterocycles. The van der Waals surface area contributed by atoms with Crippen LogP contribution in [0.3, 0.4) is 0 Å². The molecule has 4 aromatic heterocycles. The van der Waals surface area contributed by atoms with Gasteiger partial charge in [0, 0.05) is 73.4 Å². The van der Waals surface area contributed by atoms with Gasteiger partial charge in [-0.05, 0) is 12.8 Å². The molecule has 7 rings (SSSR count). The Morgan fingerprint density at radius 1 is 1.24 bits per heavy atom.